The van der Waals surface area contributed by atoms with E-state index in [9.17, 15) is 44.6 Å². The standard InChI is InChI=1S/C51H89O13P/c1-3-5-7-9-11-13-15-17-19-21-22-24-26-28-30-32-34-36-38-40-45(53)63-43(42-62-65(59,60)64-51-49(57)47(55)46(54)48(56)50(51)58)41-61-44(52)39-37-35-33-31-29-27-25-23-20-18-16-14-12-10-8-6-4-2/h6,8,12,14,18,20,25,27,31,33,43,46-51,54-58H,3-5,7,9-11,13,15-17,19,21-24,26,28-30,32,34-42H2,1-2H3,(H,59,60)/b8-6-,14-12-,20-18-,27-25-,33-31-/t43-,46?,47-,48?,49?,50?,51?/m1/s1. The molecule has 0 aromatic rings. The van der Waals surface area contributed by atoms with Crippen LogP contribution in [0.3, 0.4) is 0 Å². The third-order valence-electron chi connectivity index (χ3n) is 11.4. The van der Waals surface area contributed by atoms with Gasteiger partial charge in [-0.3, -0.25) is 18.6 Å². The third kappa shape index (κ3) is 32.8. The monoisotopic (exact) mass is 941 g/mol. The first-order valence-corrected chi connectivity index (χ1v) is 26.6. The Kier molecular flexibility index (Phi) is 37.8. The van der Waals surface area contributed by atoms with Crippen molar-refractivity contribution >= 4 is 19.8 Å². The first-order valence-electron chi connectivity index (χ1n) is 25.1. The van der Waals surface area contributed by atoms with E-state index in [0.29, 0.717) is 19.3 Å². The molecule has 14 heteroatoms. The van der Waals surface area contributed by atoms with Crippen LogP contribution in [0.4, 0.5) is 0 Å². The Balaban J connectivity index is 2.45. The molecule has 6 N–H and O–H groups in total. The van der Waals surface area contributed by atoms with Crippen molar-refractivity contribution in [2.24, 2.45) is 0 Å². The number of carbonyl (C=O) groups is 2. The molecule has 376 valence electrons. The van der Waals surface area contributed by atoms with Crippen molar-refractivity contribution < 1.29 is 63.1 Å². The molecule has 1 saturated carbocycles. The van der Waals surface area contributed by atoms with Crippen molar-refractivity contribution in [1.82, 2.24) is 0 Å². The van der Waals surface area contributed by atoms with Crippen LogP contribution in [0.2, 0.25) is 0 Å². The maximum atomic E-state index is 12.8. The Bertz CT molecular complexity index is 1370. The summed E-state index contributed by atoms with van der Waals surface area (Å²) in [6.07, 6.45) is 37.1. The van der Waals surface area contributed by atoms with E-state index in [4.69, 9.17) is 18.5 Å². The Hall–Kier alpha value is -2.45. The summed E-state index contributed by atoms with van der Waals surface area (Å²) in [5, 5.41) is 50.2. The van der Waals surface area contributed by atoms with Crippen molar-refractivity contribution in [2.75, 3.05) is 13.2 Å². The van der Waals surface area contributed by atoms with Gasteiger partial charge in [-0.05, 0) is 51.4 Å². The number of allylic oxidation sites excluding steroid dienone is 10. The van der Waals surface area contributed by atoms with E-state index in [0.717, 1.165) is 57.8 Å². The number of ether oxygens (including phenoxy) is 2. The van der Waals surface area contributed by atoms with Crippen molar-refractivity contribution in [3.63, 3.8) is 0 Å². The van der Waals surface area contributed by atoms with E-state index in [1.165, 1.54) is 89.9 Å². The summed E-state index contributed by atoms with van der Waals surface area (Å²) in [5.41, 5.74) is 0. The maximum absolute atomic E-state index is 12.8. The van der Waals surface area contributed by atoms with Gasteiger partial charge in [0.25, 0.3) is 0 Å². The molecule has 0 aromatic carbocycles. The Morgan fingerprint density at radius 3 is 1.32 bits per heavy atom. The van der Waals surface area contributed by atoms with Crippen LogP contribution >= 0.6 is 7.82 Å². The van der Waals surface area contributed by atoms with E-state index in [1.807, 2.05) is 12.2 Å². The molecule has 0 heterocycles. The van der Waals surface area contributed by atoms with Gasteiger partial charge in [-0.2, -0.15) is 0 Å². The SMILES string of the molecule is CC/C=C\C/C=C\C/C=C\C/C=C\C/C=C\CCCC(=O)OC[C@H](COP(=O)(O)OC1C(O)C(O)C(O)[C@@H](O)C1O)OC(=O)CCCCCCCCCCCCCCCCCCCCC. The number of esters is 2. The summed E-state index contributed by atoms with van der Waals surface area (Å²) < 4.78 is 33.6. The number of aliphatic hydroxyl groups excluding tert-OH is 5. The topological polar surface area (TPSA) is 210 Å². The van der Waals surface area contributed by atoms with Crippen molar-refractivity contribution in [1.29, 1.82) is 0 Å². The van der Waals surface area contributed by atoms with E-state index in [2.05, 4.69) is 62.5 Å². The maximum Gasteiger partial charge on any atom is 0.472 e. The second-order valence-corrected chi connectivity index (χ2v) is 18.7. The van der Waals surface area contributed by atoms with Crippen molar-refractivity contribution in [3.8, 4) is 0 Å². The van der Waals surface area contributed by atoms with Crippen LogP contribution in [0.25, 0.3) is 0 Å². The number of unbranched alkanes of at least 4 members (excludes halogenated alkanes) is 19. The highest BCUT2D eigenvalue weighted by Gasteiger charge is 2.51. The molecule has 8 atom stereocenters. The lowest BCUT2D eigenvalue weighted by Gasteiger charge is -2.41. The van der Waals surface area contributed by atoms with Crippen molar-refractivity contribution in [3.05, 3.63) is 60.8 Å². The van der Waals surface area contributed by atoms with Gasteiger partial charge in [-0.25, -0.2) is 4.57 Å². The number of rotatable bonds is 41. The van der Waals surface area contributed by atoms with Crippen LogP contribution in [0.15, 0.2) is 60.8 Å². The molecule has 1 rings (SSSR count). The van der Waals surface area contributed by atoms with E-state index >= 15 is 0 Å². The first-order chi connectivity index (χ1) is 31.4. The predicted octanol–water partition coefficient (Wildman–Crippen LogP) is 10.5. The molecule has 65 heavy (non-hydrogen) atoms. The third-order valence-corrected chi connectivity index (χ3v) is 12.4. The number of carbonyl (C=O) groups excluding carboxylic acids is 2. The summed E-state index contributed by atoms with van der Waals surface area (Å²) in [4.78, 5) is 35.8. The minimum Gasteiger partial charge on any atom is -0.462 e. The highest BCUT2D eigenvalue weighted by Crippen LogP contribution is 2.47. The molecule has 1 fully saturated rings. The zero-order valence-corrected chi connectivity index (χ0v) is 40.9. The number of hydrogen-bond donors (Lipinski definition) is 6. The zero-order chi connectivity index (χ0) is 47.8. The molecule has 0 aliphatic heterocycles. The molecule has 0 amide bonds. The Morgan fingerprint density at radius 2 is 0.877 bits per heavy atom. The second-order valence-electron chi connectivity index (χ2n) is 17.3. The highest BCUT2D eigenvalue weighted by molar-refractivity contribution is 7.47. The van der Waals surface area contributed by atoms with E-state index in [1.54, 1.807) is 0 Å². The number of aliphatic hydroxyl groups is 5. The lowest BCUT2D eigenvalue weighted by Crippen LogP contribution is -2.64. The van der Waals surface area contributed by atoms with Gasteiger partial charge >= 0.3 is 19.8 Å². The fourth-order valence-electron chi connectivity index (χ4n) is 7.38. The summed E-state index contributed by atoms with van der Waals surface area (Å²) in [7, 11) is -5.13. The fraction of sp³-hybridized carbons (Fsp3) is 0.765. The largest absolute Gasteiger partial charge is 0.472 e. The molecule has 0 aromatic heterocycles. The number of phosphoric acid groups is 1. The summed E-state index contributed by atoms with van der Waals surface area (Å²) >= 11 is 0. The lowest BCUT2D eigenvalue weighted by atomic mass is 9.85. The molecule has 1 aliphatic rings. The van der Waals surface area contributed by atoms with E-state index in [-0.39, 0.29) is 12.8 Å². The molecule has 6 unspecified atom stereocenters. The average Bonchev–Trinajstić information content (AvgIpc) is 3.29. The molecule has 13 nitrogen and oxygen atoms in total. The van der Waals surface area contributed by atoms with Gasteiger partial charge < -0.3 is 39.9 Å². The van der Waals surface area contributed by atoms with Gasteiger partial charge in [0, 0.05) is 12.8 Å². The van der Waals surface area contributed by atoms with Crippen LogP contribution in [0.5, 0.6) is 0 Å². The zero-order valence-electron chi connectivity index (χ0n) is 40.0. The number of hydrogen-bond acceptors (Lipinski definition) is 12. The minimum absolute atomic E-state index is 0.0857. The molecule has 0 bridgehead atoms. The van der Waals surface area contributed by atoms with Crippen LogP contribution in [-0.4, -0.2) is 98.3 Å². The summed E-state index contributed by atoms with van der Waals surface area (Å²) in [5.74, 6) is -1.16. The Morgan fingerprint density at radius 1 is 0.492 bits per heavy atom. The average molecular weight is 941 g/mol. The normalized spacial score (nSPS) is 21.9. The minimum atomic E-state index is -5.13. The fourth-order valence-corrected chi connectivity index (χ4v) is 8.36. The second kappa shape index (κ2) is 40.6. The molecule has 0 radical (unpaired) electrons. The summed E-state index contributed by atoms with van der Waals surface area (Å²) in [6, 6.07) is 0. The van der Waals surface area contributed by atoms with Crippen LogP contribution in [0.1, 0.15) is 194 Å². The molecular formula is C51H89O13P. The van der Waals surface area contributed by atoms with Crippen LogP contribution in [0, 0.1) is 0 Å². The number of phosphoric ester groups is 1. The van der Waals surface area contributed by atoms with Crippen molar-refractivity contribution in [2.45, 2.75) is 236 Å². The summed E-state index contributed by atoms with van der Waals surface area (Å²) in [6.45, 7) is 3.16. The quantitative estimate of drug-likeness (QED) is 0.0146. The Labute approximate surface area is 392 Å². The van der Waals surface area contributed by atoms with Gasteiger partial charge in [0.1, 0.15) is 43.2 Å². The predicted molar refractivity (Wildman–Crippen MR) is 258 cm³/mol. The van der Waals surface area contributed by atoms with Crippen LogP contribution < -0.4 is 0 Å². The lowest BCUT2D eigenvalue weighted by molar-refractivity contribution is -0.220. The molecule has 0 saturated heterocycles. The van der Waals surface area contributed by atoms with Gasteiger partial charge in [-0.15, -0.1) is 0 Å². The van der Waals surface area contributed by atoms with Crippen LogP contribution in [-0.2, 0) is 32.7 Å². The van der Waals surface area contributed by atoms with Gasteiger partial charge in [0.15, 0.2) is 6.10 Å². The molecule has 1 aliphatic carbocycles. The molecular weight excluding hydrogens is 852 g/mol. The highest BCUT2D eigenvalue weighted by atomic mass is 31.2. The van der Waals surface area contributed by atoms with Gasteiger partial charge in [0.2, 0.25) is 0 Å². The first kappa shape index (κ1) is 60.6. The smallest absolute Gasteiger partial charge is 0.462 e. The van der Waals surface area contributed by atoms with Gasteiger partial charge in [0.05, 0.1) is 6.61 Å². The molecule has 0 spiro atoms. The van der Waals surface area contributed by atoms with E-state index < -0.39 is 75.7 Å². The van der Waals surface area contributed by atoms with Gasteiger partial charge in [-0.1, -0.05) is 190 Å².